The average molecular weight is 385 g/mol. The lowest BCUT2D eigenvalue weighted by Crippen LogP contribution is -2.69. The third kappa shape index (κ3) is 1.71. The minimum atomic E-state index is -0.892. The molecule has 6 rings (SSSR count). The molecule has 3 aliphatic heterocycles. The van der Waals surface area contributed by atoms with Crippen LogP contribution in [0.15, 0.2) is 42.6 Å². The number of carbonyl (C=O) groups is 2. The van der Waals surface area contributed by atoms with E-state index in [9.17, 15) is 9.59 Å². The lowest BCUT2D eigenvalue weighted by molar-refractivity contribution is -0.141. The van der Waals surface area contributed by atoms with Gasteiger partial charge in [-0.15, -0.1) is 0 Å². The van der Waals surface area contributed by atoms with E-state index >= 15 is 0 Å². The van der Waals surface area contributed by atoms with Gasteiger partial charge in [-0.3, -0.25) is 19.9 Å². The van der Waals surface area contributed by atoms with Crippen LogP contribution in [0.4, 0.5) is 11.4 Å². The number of benzene rings is 2. The van der Waals surface area contributed by atoms with Gasteiger partial charge in [0, 0.05) is 23.1 Å². The number of ether oxygens (including phenoxy) is 1. The van der Waals surface area contributed by atoms with Crippen LogP contribution in [0.25, 0.3) is 22.0 Å². The number of carbonyl (C=O) groups excluding carboxylic acids is 2. The van der Waals surface area contributed by atoms with Crippen LogP contribution in [0.2, 0.25) is 0 Å². The maximum Gasteiger partial charge on any atom is 0.252 e. The van der Waals surface area contributed by atoms with E-state index < -0.39 is 11.5 Å². The van der Waals surface area contributed by atoms with Crippen LogP contribution < -0.4 is 15.0 Å². The van der Waals surface area contributed by atoms with E-state index in [1.54, 1.807) is 13.3 Å². The van der Waals surface area contributed by atoms with Crippen LogP contribution in [-0.2, 0) is 9.59 Å². The zero-order chi connectivity index (χ0) is 20.1. The number of pyridine rings is 1. The Labute approximate surface area is 167 Å². The maximum atomic E-state index is 13.2. The number of piperidine rings is 1. The molecule has 6 nitrogen and oxygen atoms in total. The normalized spacial score (nSPS) is 26.2. The summed E-state index contributed by atoms with van der Waals surface area (Å²) in [5.74, 6) is -0.504. The number of methoxy groups -OCH3 is 1. The van der Waals surface area contributed by atoms with Crippen molar-refractivity contribution in [2.45, 2.75) is 25.3 Å². The molecule has 1 fully saturated rings. The summed E-state index contributed by atoms with van der Waals surface area (Å²) < 4.78 is 5.67. The van der Waals surface area contributed by atoms with E-state index in [1.807, 2.05) is 44.2 Å². The summed E-state index contributed by atoms with van der Waals surface area (Å²) in [7, 11) is 1.62. The Balaban J connectivity index is 1.88. The molecule has 0 saturated carbocycles. The lowest BCUT2D eigenvalue weighted by atomic mass is 9.65. The Morgan fingerprint density at radius 1 is 1.17 bits per heavy atom. The number of nitrogens with one attached hydrogen (secondary N) is 1. The van der Waals surface area contributed by atoms with E-state index in [2.05, 4.69) is 21.3 Å². The molecule has 2 bridgehead atoms. The van der Waals surface area contributed by atoms with Crippen molar-refractivity contribution in [3.63, 3.8) is 0 Å². The second-order valence-electron chi connectivity index (χ2n) is 8.18. The Morgan fingerprint density at radius 3 is 2.76 bits per heavy atom. The quantitative estimate of drug-likeness (QED) is 0.649. The van der Waals surface area contributed by atoms with Gasteiger partial charge in [-0.1, -0.05) is 25.1 Å². The third-order valence-corrected chi connectivity index (χ3v) is 7.02. The van der Waals surface area contributed by atoms with Crippen molar-refractivity contribution in [3.8, 4) is 16.9 Å². The van der Waals surface area contributed by atoms with Crippen LogP contribution in [0.3, 0.4) is 0 Å². The predicted molar refractivity (Wildman–Crippen MR) is 109 cm³/mol. The van der Waals surface area contributed by atoms with E-state index in [4.69, 9.17) is 4.74 Å². The summed E-state index contributed by atoms with van der Waals surface area (Å²) in [5, 5.41) is 3.55. The van der Waals surface area contributed by atoms with E-state index in [-0.39, 0.29) is 17.7 Å². The Morgan fingerprint density at radius 2 is 1.97 bits per heavy atom. The zero-order valence-corrected chi connectivity index (χ0v) is 16.3. The molecule has 0 radical (unpaired) electrons. The minimum absolute atomic E-state index is 0.204. The Hall–Kier alpha value is -3.41. The summed E-state index contributed by atoms with van der Waals surface area (Å²) in [6.45, 7) is 3.92. The molecule has 0 aliphatic carbocycles. The van der Waals surface area contributed by atoms with Gasteiger partial charge in [0.1, 0.15) is 16.8 Å². The largest absolute Gasteiger partial charge is 0.494 e. The molecular formula is C23H19N3O3. The molecule has 3 aliphatic rings. The molecule has 3 atom stereocenters. The number of hydrogen-bond acceptors (Lipinski definition) is 5. The molecule has 4 heterocycles. The SMILES string of the molecule is COc1cc2c3c4c(ccnc14)-c1ccccc1N3[C@]1(C)C(=O)NC(=O)[C@@H]2[C@H]1C. The van der Waals surface area contributed by atoms with Gasteiger partial charge in [-0.05, 0) is 36.2 Å². The van der Waals surface area contributed by atoms with Gasteiger partial charge in [0.15, 0.2) is 0 Å². The lowest BCUT2D eigenvalue weighted by Gasteiger charge is -2.56. The number of rotatable bonds is 1. The Bertz CT molecular complexity index is 1270. The fourth-order valence-electron chi connectivity index (χ4n) is 5.46. The van der Waals surface area contributed by atoms with Crippen molar-refractivity contribution < 1.29 is 14.3 Å². The van der Waals surface area contributed by atoms with Gasteiger partial charge in [0.2, 0.25) is 5.91 Å². The molecular weight excluding hydrogens is 366 g/mol. The van der Waals surface area contributed by atoms with Crippen LogP contribution in [-0.4, -0.2) is 29.4 Å². The number of hydrogen-bond donors (Lipinski definition) is 1. The molecule has 2 aromatic carbocycles. The Kier molecular flexibility index (Phi) is 2.93. The summed E-state index contributed by atoms with van der Waals surface area (Å²) in [4.78, 5) is 32.8. The summed E-state index contributed by atoms with van der Waals surface area (Å²) in [5.41, 5.74) is 4.69. The molecule has 1 N–H and O–H groups in total. The highest BCUT2D eigenvalue weighted by Crippen LogP contribution is 2.60. The van der Waals surface area contributed by atoms with Gasteiger partial charge in [0.25, 0.3) is 5.91 Å². The fourth-order valence-corrected chi connectivity index (χ4v) is 5.46. The van der Waals surface area contributed by atoms with Gasteiger partial charge >= 0.3 is 0 Å². The van der Waals surface area contributed by atoms with Crippen molar-refractivity contribution >= 4 is 34.1 Å². The minimum Gasteiger partial charge on any atom is -0.494 e. The van der Waals surface area contributed by atoms with Gasteiger partial charge in [0.05, 0.1) is 24.4 Å². The first kappa shape index (κ1) is 16.5. The molecule has 1 aromatic heterocycles. The monoisotopic (exact) mass is 385 g/mol. The summed E-state index contributed by atoms with van der Waals surface area (Å²) >= 11 is 0. The number of nitrogens with zero attached hydrogens (tertiary/aromatic N) is 2. The van der Waals surface area contributed by atoms with Crippen molar-refractivity contribution in [2.24, 2.45) is 5.92 Å². The summed E-state index contributed by atoms with van der Waals surface area (Å²) in [6, 6.07) is 12.0. The van der Waals surface area contributed by atoms with E-state index in [0.29, 0.717) is 5.75 Å². The number of para-hydroxylation sites is 1. The van der Waals surface area contributed by atoms with E-state index in [0.717, 1.165) is 39.0 Å². The standard InChI is InChI=1S/C23H19N3O3/c1-11-17-14-10-16(29-3)19-18-13(8-9-24-19)12-6-4-5-7-15(12)26(20(14)18)23(11,2)22(28)25-21(17)27/h4-11,17H,1-3H3,(H,25,27,28)/t11-,17-,23+/m1/s1. The second-order valence-corrected chi connectivity index (χ2v) is 8.18. The number of aromatic nitrogens is 1. The molecule has 3 aromatic rings. The highest BCUT2D eigenvalue weighted by atomic mass is 16.5. The predicted octanol–water partition coefficient (Wildman–Crippen LogP) is 3.51. The topological polar surface area (TPSA) is 71.5 Å². The van der Waals surface area contributed by atoms with Crippen molar-refractivity contribution in [2.75, 3.05) is 12.0 Å². The van der Waals surface area contributed by atoms with Crippen LogP contribution in [0.5, 0.6) is 5.75 Å². The van der Waals surface area contributed by atoms with Crippen LogP contribution >= 0.6 is 0 Å². The molecule has 144 valence electrons. The highest BCUT2D eigenvalue weighted by Gasteiger charge is 2.60. The van der Waals surface area contributed by atoms with Crippen molar-refractivity contribution in [1.82, 2.24) is 10.3 Å². The maximum absolute atomic E-state index is 13.2. The molecule has 1 saturated heterocycles. The number of imide groups is 1. The average Bonchev–Trinajstić information content (AvgIpc) is 2.73. The molecule has 2 amide bonds. The smallest absolute Gasteiger partial charge is 0.252 e. The second kappa shape index (κ2) is 5.14. The van der Waals surface area contributed by atoms with Crippen molar-refractivity contribution in [1.29, 1.82) is 0 Å². The van der Waals surface area contributed by atoms with Crippen LogP contribution in [0, 0.1) is 5.92 Å². The van der Waals surface area contributed by atoms with E-state index in [1.165, 1.54) is 0 Å². The third-order valence-electron chi connectivity index (χ3n) is 7.02. The highest BCUT2D eigenvalue weighted by molar-refractivity contribution is 6.19. The molecule has 29 heavy (non-hydrogen) atoms. The summed E-state index contributed by atoms with van der Waals surface area (Å²) in [6.07, 6.45) is 1.78. The van der Waals surface area contributed by atoms with Crippen LogP contribution in [0.1, 0.15) is 25.3 Å². The zero-order valence-electron chi connectivity index (χ0n) is 16.3. The molecule has 6 heteroatoms. The fraction of sp³-hybridized carbons (Fsp3) is 0.261. The first-order chi connectivity index (χ1) is 14.0. The van der Waals surface area contributed by atoms with Gasteiger partial charge in [-0.25, -0.2) is 0 Å². The van der Waals surface area contributed by atoms with Gasteiger partial charge in [-0.2, -0.15) is 0 Å². The number of anilines is 2. The van der Waals surface area contributed by atoms with Crippen molar-refractivity contribution in [3.05, 3.63) is 48.2 Å². The first-order valence-corrected chi connectivity index (χ1v) is 9.73. The number of amides is 2. The first-order valence-electron chi connectivity index (χ1n) is 9.73. The van der Waals surface area contributed by atoms with Gasteiger partial charge < -0.3 is 9.64 Å². The molecule has 0 spiro atoms. The molecule has 0 unspecified atom stereocenters. The number of fused-ring (bicyclic) bond motifs is 7.